The SMILES string of the molecule is C=CCS(=O)(=O)c1c(C)ccc(C)c1[N+](=O)[O-]. The molecule has 0 aliphatic heterocycles. The summed E-state index contributed by atoms with van der Waals surface area (Å²) in [6, 6.07) is 3.11. The molecular formula is C11H13NO4S. The standard InChI is InChI=1S/C11H13NO4S/c1-4-7-17(15,16)11-9(3)6-5-8(2)10(11)12(13)14/h4-6H,1,7H2,2-3H3. The van der Waals surface area contributed by atoms with Crippen molar-refractivity contribution in [1.29, 1.82) is 0 Å². The van der Waals surface area contributed by atoms with Crippen molar-refractivity contribution in [2.24, 2.45) is 0 Å². The van der Waals surface area contributed by atoms with Crippen LogP contribution in [-0.2, 0) is 9.84 Å². The maximum absolute atomic E-state index is 12.0. The van der Waals surface area contributed by atoms with Crippen molar-refractivity contribution < 1.29 is 13.3 Å². The zero-order chi connectivity index (χ0) is 13.2. The van der Waals surface area contributed by atoms with Gasteiger partial charge in [0.1, 0.15) is 4.90 Å². The second-order valence-electron chi connectivity index (χ2n) is 3.70. The maximum Gasteiger partial charge on any atom is 0.291 e. The summed E-state index contributed by atoms with van der Waals surface area (Å²) in [4.78, 5) is 10.1. The normalized spacial score (nSPS) is 11.2. The zero-order valence-electron chi connectivity index (χ0n) is 9.63. The van der Waals surface area contributed by atoms with E-state index in [-0.39, 0.29) is 16.3 Å². The molecule has 0 fully saturated rings. The summed E-state index contributed by atoms with van der Waals surface area (Å²) in [6.07, 6.45) is 1.22. The zero-order valence-corrected chi connectivity index (χ0v) is 10.5. The van der Waals surface area contributed by atoms with Crippen LogP contribution in [0.2, 0.25) is 0 Å². The molecule has 0 amide bonds. The lowest BCUT2D eigenvalue weighted by Gasteiger charge is -2.08. The third-order valence-electron chi connectivity index (χ3n) is 2.36. The van der Waals surface area contributed by atoms with Crippen LogP contribution < -0.4 is 0 Å². The number of rotatable bonds is 4. The molecule has 1 aromatic carbocycles. The second-order valence-corrected chi connectivity index (χ2v) is 5.68. The van der Waals surface area contributed by atoms with E-state index < -0.39 is 14.8 Å². The Labute approximate surface area is 99.8 Å². The molecule has 1 rings (SSSR count). The molecule has 17 heavy (non-hydrogen) atoms. The average molecular weight is 255 g/mol. The van der Waals surface area contributed by atoms with Crippen molar-refractivity contribution in [2.75, 3.05) is 5.75 Å². The molecule has 0 atom stereocenters. The number of nitro benzene ring substituents is 1. The Kier molecular flexibility index (Phi) is 3.67. The van der Waals surface area contributed by atoms with E-state index in [2.05, 4.69) is 6.58 Å². The Hall–Kier alpha value is -1.69. The van der Waals surface area contributed by atoms with Crippen molar-refractivity contribution in [2.45, 2.75) is 18.7 Å². The predicted molar refractivity (Wildman–Crippen MR) is 64.8 cm³/mol. The summed E-state index contributed by atoms with van der Waals surface area (Å²) >= 11 is 0. The van der Waals surface area contributed by atoms with Crippen LogP contribution in [0.5, 0.6) is 0 Å². The maximum atomic E-state index is 12.0. The highest BCUT2D eigenvalue weighted by molar-refractivity contribution is 7.91. The van der Waals surface area contributed by atoms with Gasteiger partial charge >= 0.3 is 0 Å². The van der Waals surface area contributed by atoms with E-state index in [4.69, 9.17) is 0 Å². The van der Waals surface area contributed by atoms with Crippen molar-refractivity contribution in [3.8, 4) is 0 Å². The highest BCUT2D eigenvalue weighted by atomic mass is 32.2. The summed E-state index contributed by atoms with van der Waals surface area (Å²) < 4.78 is 23.9. The number of hydrogen-bond donors (Lipinski definition) is 0. The van der Waals surface area contributed by atoms with E-state index in [1.807, 2.05) is 0 Å². The molecule has 1 aromatic rings. The fraction of sp³-hybridized carbons (Fsp3) is 0.273. The van der Waals surface area contributed by atoms with E-state index in [0.717, 1.165) is 0 Å². The molecule has 0 aliphatic rings. The fourth-order valence-electron chi connectivity index (χ4n) is 1.63. The van der Waals surface area contributed by atoms with Crippen molar-refractivity contribution in [3.63, 3.8) is 0 Å². The molecule has 0 aromatic heterocycles. The summed E-state index contributed by atoms with van der Waals surface area (Å²) in [5.74, 6) is -0.307. The Morgan fingerprint density at radius 1 is 1.35 bits per heavy atom. The first kappa shape index (κ1) is 13.4. The largest absolute Gasteiger partial charge is 0.291 e. The van der Waals surface area contributed by atoms with Crippen LogP contribution in [-0.4, -0.2) is 19.1 Å². The number of nitrogens with zero attached hydrogens (tertiary/aromatic N) is 1. The molecule has 0 saturated carbocycles. The molecule has 0 spiro atoms. The van der Waals surface area contributed by atoms with Gasteiger partial charge in [-0.3, -0.25) is 10.1 Å². The molecule has 0 aliphatic carbocycles. The van der Waals surface area contributed by atoms with Crippen molar-refractivity contribution in [1.82, 2.24) is 0 Å². The quantitative estimate of drug-likeness (QED) is 0.469. The predicted octanol–water partition coefficient (Wildman–Crippen LogP) is 2.17. The minimum atomic E-state index is -3.70. The Bertz CT molecular complexity index is 575. The van der Waals surface area contributed by atoms with Crippen LogP contribution in [0, 0.1) is 24.0 Å². The van der Waals surface area contributed by atoms with E-state index in [1.54, 1.807) is 19.1 Å². The highest BCUT2D eigenvalue weighted by Gasteiger charge is 2.28. The molecular weight excluding hydrogens is 242 g/mol. The smallest absolute Gasteiger partial charge is 0.258 e. The lowest BCUT2D eigenvalue weighted by molar-refractivity contribution is -0.388. The van der Waals surface area contributed by atoms with Crippen LogP contribution >= 0.6 is 0 Å². The number of nitro groups is 1. The monoisotopic (exact) mass is 255 g/mol. The summed E-state index contributed by atoms with van der Waals surface area (Å²) in [5, 5.41) is 11.0. The first-order chi connectivity index (χ1) is 7.81. The molecule has 0 unspecified atom stereocenters. The topological polar surface area (TPSA) is 77.3 Å². The summed E-state index contributed by atoms with van der Waals surface area (Å²) in [5.41, 5.74) is 0.374. The van der Waals surface area contributed by atoms with Gasteiger partial charge in [-0.25, -0.2) is 8.42 Å². The average Bonchev–Trinajstić information content (AvgIpc) is 2.20. The third kappa shape index (κ3) is 2.52. The molecule has 92 valence electrons. The van der Waals surface area contributed by atoms with E-state index in [0.29, 0.717) is 11.1 Å². The number of hydrogen-bond acceptors (Lipinski definition) is 4. The minimum absolute atomic E-state index is 0.206. The van der Waals surface area contributed by atoms with Gasteiger partial charge in [-0.05, 0) is 19.4 Å². The Morgan fingerprint density at radius 3 is 2.35 bits per heavy atom. The fourth-order valence-corrected chi connectivity index (χ4v) is 3.19. The van der Waals surface area contributed by atoms with Gasteiger partial charge in [-0.1, -0.05) is 18.2 Å². The van der Waals surface area contributed by atoms with Gasteiger partial charge in [0.05, 0.1) is 10.7 Å². The molecule has 0 heterocycles. The second kappa shape index (κ2) is 4.67. The molecule has 0 saturated heterocycles. The lowest BCUT2D eigenvalue weighted by atomic mass is 10.1. The van der Waals surface area contributed by atoms with Gasteiger partial charge in [0, 0.05) is 5.56 Å². The summed E-state index contributed by atoms with van der Waals surface area (Å²) in [7, 11) is -3.70. The highest BCUT2D eigenvalue weighted by Crippen LogP contribution is 2.31. The van der Waals surface area contributed by atoms with Gasteiger partial charge in [0.15, 0.2) is 9.84 Å². The first-order valence-corrected chi connectivity index (χ1v) is 6.54. The number of sulfone groups is 1. The minimum Gasteiger partial charge on any atom is -0.258 e. The van der Waals surface area contributed by atoms with Gasteiger partial charge in [-0.15, -0.1) is 6.58 Å². The van der Waals surface area contributed by atoms with E-state index in [9.17, 15) is 18.5 Å². The van der Waals surface area contributed by atoms with Crippen molar-refractivity contribution >= 4 is 15.5 Å². The van der Waals surface area contributed by atoms with E-state index >= 15 is 0 Å². The van der Waals surface area contributed by atoms with Gasteiger partial charge in [0.2, 0.25) is 0 Å². The Morgan fingerprint density at radius 2 is 1.88 bits per heavy atom. The number of benzene rings is 1. The molecule has 6 heteroatoms. The third-order valence-corrected chi connectivity index (χ3v) is 4.17. The first-order valence-electron chi connectivity index (χ1n) is 4.89. The lowest BCUT2D eigenvalue weighted by Crippen LogP contribution is -2.10. The molecule has 5 nitrogen and oxygen atoms in total. The molecule has 0 radical (unpaired) electrons. The van der Waals surface area contributed by atoms with Gasteiger partial charge in [0.25, 0.3) is 5.69 Å². The Balaban J connectivity index is 3.68. The molecule has 0 N–H and O–H groups in total. The van der Waals surface area contributed by atoms with E-state index in [1.165, 1.54) is 13.0 Å². The van der Waals surface area contributed by atoms with Crippen LogP contribution in [0.15, 0.2) is 29.7 Å². The van der Waals surface area contributed by atoms with Gasteiger partial charge in [-0.2, -0.15) is 0 Å². The number of aryl methyl sites for hydroxylation is 2. The summed E-state index contributed by atoms with van der Waals surface area (Å²) in [6.45, 7) is 6.41. The van der Waals surface area contributed by atoms with Crippen LogP contribution in [0.1, 0.15) is 11.1 Å². The van der Waals surface area contributed by atoms with Crippen LogP contribution in [0.4, 0.5) is 5.69 Å². The van der Waals surface area contributed by atoms with Gasteiger partial charge < -0.3 is 0 Å². The van der Waals surface area contributed by atoms with Crippen LogP contribution in [0.3, 0.4) is 0 Å². The van der Waals surface area contributed by atoms with Crippen LogP contribution in [0.25, 0.3) is 0 Å². The van der Waals surface area contributed by atoms with Crippen molar-refractivity contribution in [3.05, 3.63) is 46.0 Å². The molecule has 0 bridgehead atoms.